The van der Waals surface area contributed by atoms with Gasteiger partial charge in [0.1, 0.15) is 10.5 Å². The van der Waals surface area contributed by atoms with Crippen LogP contribution in [0.15, 0.2) is 80.1 Å². The van der Waals surface area contributed by atoms with Crippen LogP contribution in [0.1, 0.15) is 11.1 Å². The molecule has 0 amide bonds. The minimum atomic E-state index is -3.53. The van der Waals surface area contributed by atoms with E-state index in [1.807, 2.05) is 30.3 Å². The molecule has 3 heterocycles. The first-order chi connectivity index (χ1) is 15.0. The molecule has 2 aromatic heterocycles. The van der Waals surface area contributed by atoms with Gasteiger partial charge in [0.15, 0.2) is 11.6 Å². The molecule has 0 radical (unpaired) electrons. The van der Waals surface area contributed by atoms with Gasteiger partial charge in [-0.05, 0) is 29.1 Å². The molecule has 10 heteroatoms. The Bertz CT molecular complexity index is 1380. The lowest BCUT2D eigenvalue weighted by Gasteiger charge is -2.34. The smallest absolute Gasteiger partial charge is 0.284 e. The summed E-state index contributed by atoms with van der Waals surface area (Å²) in [6, 6.07) is 17.9. The summed E-state index contributed by atoms with van der Waals surface area (Å²) in [5.41, 5.74) is 4.33. The number of thiophene rings is 1. The van der Waals surface area contributed by atoms with Crippen LogP contribution in [0.2, 0.25) is 0 Å². The largest absolute Gasteiger partial charge is 0.505 e. The number of nitrogens with zero attached hydrogens (tertiary/aromatic N) is 2. The zero-order chi connectivity index (χ0) is 21.6. The van der Waals surface area contributed by atoms with Crippen molar-refractivity contribution >= 4 is 43.9 Å². The van der Waals surface area contributed by atoms with E-state index in [0.29, 0.717) is 22.4 Å². The van der Waals surface area contributed by atoms with E-state index < -0.39 is 16.3 Å². The lowest BCUT2D eigenvalue weighted by Crippen LogP contribution is -2.35. The molecule has 158 valence electrons. The second-order valence-electron chi connectivity index (χ2n) is 6.90. The number of para-hydroxylation sites is 1. The molecule has 8 nitrogen and oxygen atoms in total. The molecular formula is C21H18N4O4S2. The van der Waals surface area contributed by atoms with Crippen molar-refractivity contribution in [3.63, 3.8) is 0 Å². The standard InChI is InChI=1S/C21H18N4O4S2/c26-18-17(20-23-14-8-4-5-9-16(14)31(28,29)24-20)21(27)25(15-10-11-30-19(15)18)22-12-13-6-2-1-3-7-13/h1-11,22,26,28-29H,12H2,(H,23,24). The molecule has 5 rings (SSSR count). The molecule has 31 heavy (non-hydrogen) atoms. The van der Waals surface area contributed by atoms with Gasteiger partial charge >= 0.3 is 0 Å². The molecule has 0 fully saturated rings. The molecule has 0 unspecified atom stereocenters. The summed E-state index contributed by atoms with van der Waals surface area (Å²) in [6.45, 7) is 0.383. The predicted molar refractivity (Wildman–Crippen MR) is 125 cm³/mol. The number of aromatic nitrogens is 1. The van der Waals surface area contributed by atoms with Crippen LogP contribution >= 0.6 is 22.1 Å². The Hall–Kier alpha value is -3.31. The lowest BCUT2D eigenvalue weighted by atomic mass is 10.2. The molecule has 2 aromatic carbocycles. The first-order valence-corrected chi connectivity index (χ1v) is 11.7. The van der Waals surface area contributed by atoms with Crippen LogP contribution in [0.4, 0.5) is 5.69 Å². The maximum absolute atomic E-state index is 13.4. The fraction of sp³-hybridized carbons (Fsp3) is 0.0476. The Morgan fingerprint density at radius 3 is 2.61 bits per heavy atom. The second kappa shape index (κ2) is 7.43. The van der Waals surface area contributed by atoms with Crippen LogP contribution in [0, 0.1) is 0 Å². The molecule has 4 aromatic rings. The fourth-order valence-corrected chi connectivity index (χ4v) is 5.46. The Morgan fingerprint density at radius 2 is 1.81 bits per heavy atom. The van der Waals surface area contributed by atoms with Crippen molar-refractivity contribution in [2.45, 2.75) is 11.4 Å². The lowest BCUT2D eigenvalue weighted by molar-refractivity contribution is 0.479. The van der Waals surface area contributed by atoms with Crippen molar-refractivity contribution in [2.24, 2.45) is 4.40 Å². The average Bonchev–Trinajstić information content (AvgIpc) is 3.24. The van der Waals surface area contributed by atoms with E-state index in [2.05, 4.69) is 15.1 Å². The maximum Gasteiger partial charge on any atom is 0.284 e. The predicted octanol–water partition coefficient (Wildman–Crippen LogP) is 4.41. The van der Waals surface area contributed by atoms with Gasteiger partial charge in [-0.15, -0.1) is 15.7 Å². The number of fused-ring (bicyclic) bond motifs is 2. The third kappa shape index (κ3) is 3.35. The third-order valence-electron chi connectivity index (χ3n) is 4.93. The molecule has 0 aliphatic carbocycles. The SMILES string of the molecule is O=c1c(C2=NS(O)(O)c3ccccc3N2)c(O)c2sccc2n1NCc1ccccc1. The van der Waals surface area contributed by atoms with E-state index in [1.54, 1.807) is 35.7 Å². The van der Waals surface area contributed by atoms with E-state index >= 15 is 0 Å². The quantitative estimate of drug-likeness (QED) is 0.312. The number of nitrogens with one attached hydrogen (secondary N) is 2. The normalized spacial score (nSPS) is 15.6. The molecule has 1 aliphatic heterocycles. The first kappa shape index (κ1) is 19.6. The van der Waals surface area contributed by atoms with E-state index in [4.69, 9.17) is 0 Å². The summed E-state index contributed by atoms with van der Waals surface area (Å²) in [5.74, 6) is -0.347. The second-order valence-corrected chi connectivity index (χ2v) is 9.48. The number of aromatic hydroxyl groups is 1. The fourth-order valence-electron chi connectivity index (χ4n) is 3.47. The maximum atomic E-state index is 13.4. The molecule has 0 saturated carbocycles. The van der Waals surface area contributed by atoms with Crippen LogP contribution in [-0.4, -0.2) is 24.7 Å². The Kier molecular flexibility index (Phi) is 4.71. The van der Waals surface area contributed by atoms with Crippen molar-refractivity contribution in [1.29, 1.82) is 0 Å². The number of hydrogen-bond donors (Lipinski definition) is 5. The zero-order valence-corrected chi connectivity index (χ0v) is 17.7. The molecule has 1 aliphatic rings. The highest BCUT2D eigenvalue weighted by Crippen LogP contribution is 2.55. The van der Waals surface area contributed by atoms with Gasteiger partial charge in [0, 0.05) is 0 Å². The summed E-state index contributed by atoms with van der Waals surface area (Å²) < 4.78 is 26.9. The molecule has 0 atom stereocenters. The summed E-state index contributed by atoms with van der Waals surface area (Å²) in [7, 11) is -3.53. The van der Waals surface area contributed by atoms with Crippen LogP contribution in [0.5, 0.6) is 5.75 Å². The van der Waals surface area contributed by atoms with Crippen molar-refractivity contribution < 1.29 is 14.2 Å². The summed E-state index contributed by atoms with van der Waals surface area (Å²) >= 11 is 1.27. The van der Waals surface area contributed by atoms with Gasteiger partial charge in [-0.1, -0.05) is 53.2 Å². The van der Waals surface area contributed by atoms with Gasteiger partial charge in [0.05, 0.1) is 22.4 Å². The molecule has 0 spiro atoms. The highest BCUT2D eigenvalue weighted by Gasteiger charge is 2.30. The molecular weight excluding hydrogens is 436 g/mol. The van der Waals surface area contributed by atoms with E-state index in [9.17, 15) is 19.0 Å². The summed E-state index contributed by atoms with van der Waals surface area (Å²) in [6.07, 6.45) is 0. The van der Waals surface area contributed by atoms with E-state index in [1.165, 1.54) is 16.0 Å². The van der Waals surface area contributed by atoms with Crippen LogP contribution in [0.25, 0.3) is 10.2 Å². The van der Waals surface area contributed by atoms with Gasteiger partial charge in [0.2, 0.25) is 0 Å². The molecule has 0 bridgehead atoms. The molecule has 0 saturated heterocycles. The number of benzene rings is 2. The van der Waals surface area contributed by atoms with Crippen LogP contribution in [0.3, 0.4) is 0 Å². The van der Waals surface area contributed by atoms with Crippen molar-refractivity contribution in [3.05, 3.63) is 87.5 Å². The Morgan fingerprint density at radius 1 is 1.06 bits per heavy atom. The highest BCUT2D eigenvalue weighted by atomic mass is 32.3. The topological polar surface area (TPSA) is 119 Å². The zero-order valence-electron chi connectivity index (χ0n) is 16.0. The highest BCUT2D eigenvalue weighted by molar-refractivity contribution is 8.23. The van der Waals surface area contributed by atoms with Crippen molar-refractivity contribution in [1.82, 2.24) is 4.68 Å². The minimum Gasteiger partial charge on any atom is -0.505 e. The summed E-state index contributed by atoms with van der Waals surface area (Å²) in [4.78, 5) is 13.6. The minimum absolute atomic E-state index is 0.0910. The number of amidine groups is 1. The van der Waals surface area contributed by atoms with Gasteiger partial charge < -0.3 is 15.8 Å². The van der Waals surface area contributed by atoms with E-state index in [0.717, 1.165) is 5.56 Å². The first-order valence-electron chi connectivity index (χ1n) is 9.33. The van der Waals surface area contributed by atoms with Crippen LogP contribution < -0.4 is 16.3 Å². The summed E-state index contributed by atoms with van der Waals surface area (Å²) in [5, 5.41) is 15.6. The average molecular weight is 455 g/mol. The third-order valence-corrected chi connectivity index (χ3v) is 7.22. The van der Waals surface area contributed by atoms with Crippen molar-refractivity contribution in [3.8, 4) is 5.75 Å². The number of anilines is 1. The molecule has 5 N–H and O–H groups in total. The van der Waals surface area contributed by atoms with E-state index in [-0.39, 0.29) is 22.0 Å². The van der Waals surface area contributed by atoms with Gasteiger partial charge in [0.25, 0.3) is 5.56 Å². The Labute approximate surface area is 182 Å². The van der Waals surface area contributed by atoms with Crippen molar-refractivity contribution in [2.75, 3.05) is 10.7 Å². The van der Waals surface area contributed by atoms with Gasteiger partial charge in [-0.2, -0.15) is 0 Å². The number of hydrogen-bond acceptors (Lipinski definition) is 8. The number of pyridine rings is 1. The number of rotatable bonds is 4. The van der Waals surface area contributed by atoms with Crippen LogP contribution in [-0.2, 0) is 6.54 Å². The van der Waals surface area contributed by atoms with Gasteiger partial charge in [-0.3, -0.25) is 13.9 Å². The Balaban J connectivity index is 1.65. The van der Waals surface area contributed by atoms with Gasteiger partial charge in [-0.25, -0.2) is 4.68 Å². The monoisotopic (exact) mass is 454 g/mol.